The summed E-state index contributed by atoms with van der Waals surface area (Å²) >= 11 is 6.81. The van der Waals surface area contributed by atoms with Gasteiger partial charge < -0.3 is 33.7 Å². The molecule has 2 amide bonds. The Hall–Kier alpha value is -4.37. The van der Waals surface area contributed by atoms with Gasteiger partial charge in [0.15, 0.2) is 5.72 Å². The molecule has 0 aromatic heterocycles. The van der Waals surface area contributed by atoms with Crippen LogP contribution in [0, 0.1) is 23.0 Å². The van der Waals surface area contributed by atoms with Crippen LogP contribution in [-0.4, -0.2) is 85.8 Å². The first-order valence-corrected chi connectivity index (χ1v) is 17.0. The average Bonchev–Trinajstić information content (AvgIpc) is 3.77. The van der Waals surface area contributed by atoms with E-state index >= 15 is 0 Å². The number of amides is 2. The molecule has 2 saturated heterocycles. The van der Waals surface area contributed by atoms with E-state index in [1.54, 1.807) is 26.2 Å². The van der Waals surface area contributed by atoms with Crippen LogP contribution in [0.25, 0.3) is 0 Å². The van der Waals surface area contributed by atoms with Crippen molar-refractivity contribution < 1.29 is 43.3 Å². The van der Waals surface area contributed by atoms with Gasteiger partial charge in [0.1, 0.15) is 34.7 Å². The number of anilines is 2. The number of benzene rings is 2. The van der Waals surface area contributed by atoms with Crippen LogP contribution in [0.5, 0.6) is 5.75 Å². The quantitative estimate of drug-likeness (QED) is 0.185. The van der Waals surface area contributed by atoms with Crippen molar-refractivity contribution in [2.75, 3.05) is 38.0 Å². The van der Waals surface area contributed by atoms with Crippen LogP contribution in [0.1, 0.15) is 44.7 Å². The zero-order valence-corrected chi connectivity index (χ0v) is 30.5. The lowest BCUT2D eigenvalue weighted by Crippen LogP contribution is -2.63. The minimum Gasteiger partial charge on any atom is -0.495 e. The van der Waals surface area contributed by atoms with E-state index in [4.69, 9.17) is 35.3 Å². The molecule has 0 spiro atoms. The van der Waals surface area contributed by atoms with E-state index in [0.29, 0.717) is 41.4 Å². The van der Waals surface area contributed by atoms with E-state index in [1.807, 2.05) is 50.9 Å². The second-order valence-electron chi connectivity index (χ2n) is 13.6. The van der Waals surface area contributed by atoms with E-state index < -0.39 is 58.8 Å². The van der Waals surface area contributed by atoms with Crippen LogP contribution in [0.4, 0.5) is 26.7 Å². The minimum absolute atomic E-state index is 0.000310. The Balaban J connectivity index is 1.50. The summed E-state index contributed by atoms with van der Waals surface area (Å²) in [6.07, 6.45) is 1.64. The Morgan fingerprint density at radius 3 is 2.65 bits per heavy atom. The maximum absolute atomic E-state index is 13.4. The molecule has 0 saturated carbocycles. The van der Waals surface area contributed by atoms with Gasteiger partial charge in [-0.05, 0) is 56.5 Å². The number of fused-ring (bicyclic) bond motifs is 5. The van der Waals surface area contributed by atoms with E-state index in [-0.39, 0.29) is 12.1 Å². The lowest BCUT2D eigenvalue weighted by atomic mass is 9.83. The predicted molar refractivity (Wildman–Crippen MR) is 190 cm³/mol. The van der Waals surface area contributed by atoms with Crippen LogP contribution in [0.2, 0.25) is 5.02 Å². The number of nitro groups is 1. The number of epoxide rings is 1. The van der Waals surface area contributed by atoms with Gasteiger partial charge in [0.05, 0.1) is 23.8 Å². The van der Waals surface area contributed by atoms with Gasteiger partial charge in [-0.3, -0.25) is 20.7 Å². The van der Waals surface area contributed by atoms with E-state index in [2.05, 4.69) is 10.6 Å². The Kier molecular flexibility index (Phi) is 11.2. The molecule has 14 nitrogen and oxygen atoms in total. The van der Waals surface area contributed by atoms with Crippen LogP contribution >= 0.6 is 11.6 Å². The number of ether oxygens (including phenoxy) is 5. The van der Waals surface area contributed by atoms with Crippen molar-refractivity contribution in [1.82, 2.24) is 5.32 Å². The molecule has 51 heavy (non-hydrogen) atoms. The van der Waals surface area contributed by atoms with Crippen molar-refractivity contribution in [3.8, 4) is 5.75 Å². The number of alkyl carbamates (subject to hydrolysis) is 1. The standard InChI is InChI=1S/C36H45ClN4O10/c1-20-9-8-10-30(48-7)36(44)19-28(49-34(43)39-36)22(3)32-35(4,51-32)29(50-33(42)38-25-12-11-24(41(45)46)16-21(25)2)13-14-40(5)26-17-23(15-20)18-27(47-6)31(26)37/h8-12,16-18,22,28-30,32,44H,13-15,19H2,1-7H3,(H,38,42)(H,39,43)/b10-8+,20-9+/t22-,28+,29+,30-,32+,35+,36+/m1/s1. The molecule has 3 heterocycles. The number of nitro benzene ring substituents is 1. The molecule has 2 fully saturated rings. The normalized spacial score (nSPS) is 31.2. The number of carbonyl (C=O) groups excluding carboxylic acids is 2. The topological polar surface area (TPSA) is 174 Å². The summed E-state index contributed by atoms with van der Waals surface area (Å²) in [5.41, 5.74) is 0.607. The number of carbonyl (C=O) groups is 2. The van der Waals surface area contributed by atoms with Gasteiger partial charge in [-0.15, -0.1) is 0 Å². The number of non-ortho nitro benzene ring substituents is 1. The predicted octanol–water partition coefficient (Wildman–Crippen LogP) is 6.06. The summed E-state index contributed by atoms with van der Waals surface area (Å²) in [4.78, 5) is 38.9. The molecule has 2 aromatic rings. The highest BCUT2D eigenvalue weighted by Gasteiger charge is 2.64. The molecule has 0 radical (unpaired) electrons. The fourth-order valence-corrected chi connectivity index (χ4v) is 7.24. The molecule has 4 bridgehead atoms. The third-order valence-corrected chi connectivity index (χ3v) is 10.3. The SMILES string of the molecule is COc1cc2cc(c1Cl)N(C)CC[C@H](OC(=O)Nc1ccc([N+](=O)[O-])cc1C)[C@]1(C)O[C@H]1[C@H](C)[C@@H]1C[C@@](O)(NC(=O)O1)[C@H](OC)/C=C/C=C(\C)C2. The number of nitrogens with zero attached hydrogens (tertiary/aromatic N) is 2. The van der Waals surface area contributed by atoms with Gasteiger partial charge in [-0.2, -0.15) is 0 Å². The van der Waals surface area contributed by atoms with Gasteiger partial charge in [0.25, 0.3) is 5.69 Å². The highest BCUT2D eigenvalue weighted by Crippen LogP contribution is 2.49. The van der Waals surface area contributed by atoms with Crippen molar-refractivity contribution in [2.45, 2.75) is 82.7 Å². The molecular weight excluding hydrogens is 684 g/mol. The number of methoxy groups -OCH3 is 2. The molecule has 3 N–H and O–H groups in total. The van der Waals surface area contributed by atoms with Crippen molar-refractivity contribution in [3.63, 3.8) is 0 Å². The number of halogens is 1. The molecule has 3 aliphatic heterocycles. The van der Waals surface area contributed by atoms with Crippen molar-refractivity contribution in [3.05, 3.63) is 80.4 Å². The van der Waals surface area contributed by atoms with Gasteiger partial charge in [-0.25, -0.2) is 9.59 Å². The second-order valence-corrected chi connectivity index (χ2v) is 14.0. The number of hydrogen-bond acceptors (Lipinski definition) is 11. The van der Waals surface area contributed by atoms with Crippen LogP contribution in [0.3, 0.4) is 0 Å². The molecule has 7 atom stereocenters. The van der Waals surface area contributed by atoms with Gasteiger partial charge in [0, 0.05) is 57.3 Å². The number of aryl methyl sites for hydroxylation is 1. The van der Waals surface area contributed by atoms with Gasteiger partial charge in [0.2, 0.25) is 0 Å². The first-order chi connectivity index (χ1) is 24.1. The molecule has 0 unspecified atom stereocenters. The molecule has 5 rings (SSSR count). The van der Waals surface area contributed by atoms with Crippen LogP contribution in [0.15, 0.2) is 54.1 Å². The lowest BCUT2D eigenvalue weighted by Gasteiger charge is -2.42. The minimum atomic E-state index is -1.78. The smallest absolute Gasteiger partial charge is 0.412 e. The van der Waals surface area contributed by atoms with Crippen molar-refractivity contribution in [2.24, 2.45) is 5.92 Å². The van der Waals surface area contributed by atoms with E-state index in [9.17, 15) is 24.8 Å². The first kappa shape index (κ1) is 37.9. The maximum Gasteiger partial charge on any atom is 0.412 e. The average molecular weight is 729 g/mol. The molecule has 15 heteroatoms. The molecule has 2 aromatic carbocycles. The maximum atomic E-state index is 13.4. The van der Waals surface area contributed by atoms with Crippen LogP contribution < -0.4 is 20.3 Å². The number of allylic oxidation sites excluding steroid dienone is 3. The second kappa shape index (κ2) is 15.1. The number of hydrogen-bond donors (Lipinski definition) is 3. The van der Waals surface area contributed by atoms with Gasteiger partial charge >= 0.3 is 12.2 Å². The monoisotopic (exact) mass is 728 g/mol. The molecular formula is C36H45ClN4O10. The van der Waals surface area contributed by atoms with Crippen molar-refractivity contribution in [1.29, 1.82) is 0 Å². The number of nitrogens with one attached hydrogen (secondary N) is 2. The fraction of sp³-hybridized carbons (Fsp3) is 0.500. The summed E-state index contributed by atoms with van der Waals surface area (Å²) in [5, 5.41) is 28.6. The zero-order valence-electron chi connectivity index (χ0n) is 29.7. The fourth-order valence-electron chi connectivity index (χ4n) is 6.91. The zero-order chi connectivity index (χ0) is 37.2. The van der Waals surface area contributed by atoms with Crippen LogP contribution in [-0.2, 0) is 25.4 Å². The largest absolute Gasteiger partial charge is 0.495 e. The lowest BCUT2D eigenvalue weighted by molar-refractivity contribution is -0.384. The third kappa shape index (κ3) is 8.25. The Morgan fingerprint density at radius 1 is 1.24 bits per heavy atom. The summed E-state index contributed by atoms with van der Waals surface area (Å²) in [5.74, 6) is 0.0736. The highest BCUT2D eigenvalue weighted by molar-refractivity contribution is 6.34. The third-order valence-electron chi connectivity index (χ3n) is 9.90. The highest BCUT2D eigenvalue weighted by atomic mass is 35.5. The summed E-state index contributed by atoms with van der Waals surface area (Å²) < 4.78 is 29.3. The van der Waals surface area contributed by atoms with E-state index in [1.165, 1.54) is 25.3 Å². The summed E-state index contributed by atoms with van der Waals surface area (Å²) in [6.45, 7) is 7.68. The van der Waals surface area contributed by atoms with Gasteiger partial charge in [-0.1, -0.05) is 42.3 Å². The molecule has 3 aliphatic rings. The molecule has 0 aliphatic carbocycles. The Morgan fingerprint density at radius 2 is 1.98 bits per heavy atom. The summed E-state index contributed by atoms with van der Waals surface area (Å²) in [7, 11) is 4.88. The Bertz CT molecular complexity index is 1740. The van der Waals surface area contributed by atoms with Crippen molar-refractivity contribution >= 4 is 40.8 Å². The number of aliphatic hydroxyl groups is 1. The molecule has 276 valence electrons. The Labute approximate surface area is 301 Å². The van der Waals surface area contributed by atoms with E-state index in [0.717, 1.165) is 16.8 Å². The first-order valence-electron chi connectivity index (χ1n) is 16.6. The number of rotatable bonds is 5. The summed E-state index contributed by atoms with van der Waals surface area (Å²) in [6, 6.07) is 7.97.